The molecule has 496 valence electrons. The summed E-state index contributed by atoms with van der Waals surface area (Å²) < 4.78 is 21.1. The van der Waals surface area contributed by atoms with E-state index in [2.05, 4.69) is 0 Å². The van der Waals surface area contributed by atoms with Crippen LogP contribution in [-0.4, -0.2) is 70.0 Å². The molecule has 1 amide bonds. The SMILES string of the molecule is CC(=O)C1CCCC(C(=O)O)C1.CC(=O)[C@@H]1CCC[C@H](CC(=O)OCc2ccccc2)C1.NC(=O)[C@@H]1CCC[C@H](CC(=O)OCc2ccccc2)C1.NC[C@@H]1CCC[C@H](CC(=O)OCc2ccccc2)C1.O=C(C[C@H]1CCC[C@@H](C(=O)O)C1)OCc1ccccc1. The first-order valence-corrected chi connectivity index (χ1v) is 33.1. The molecule has 4 aromatic carbocycles. The van der Waals surface area contributed by atoms with E-state index in [0.29, 0.717) is 76.1 Å². The third-order valence-corrected chi connectivity index (χ3v) is 18.3. The van der Waals surface area contributed by atoms with Gasteiger partial charge in [0.2, 0.25) is 5.91 Å². The van der Waals surface area contributed by atoms with Crippen LogP contribution in [0.25, 0.3) is 0 Å². The van der Waals surface area contributed by atoms with Gasteiger partial charge in [-0.15, -0.1) is 0 Å². The number of esters is 4. The van der Waals surface area contributed by atoms with Crippen LogP contribution >= 0.6 is 0 Å². The van der Waals surface area contributed by atoms with Gasteiger partial charge in [-0.1, -0.05) is 153 Å². The van der Waals surface area contributed by atoms with E-state index in [0.717, 1.165) is 132 Å². The first-order chi connectivity index (χ1) is 43.8. The summed E-state index contributed by atoms with van der Waals surface area (Å²) in [6.07, 6.45) is 19.9. The molecule has 0 bridgehead atoms. The first-order valence-electron chi connectivity index (χ1n) is 33.1. The fraction of sp³-hybridized carbons (Fsp3) is 0.554. The van der Waals surface area contributed by atoms with Gasteiger partial charge in [0.1, 0.15) is 38.0 Å². The van der Waals surface area contributed by atoms with Crippen molar-refractivity contribution in [3.8, 4) is 0 Å². The number of Topliss-reactive ketones (excluding diaryl/α,β-unsaturated/α-hetero) is 2. The number of hydrogen-bond donors (Lipinski definition) is 4. The number of amides is 1. The first kappa shape index (κ1) is 74.2. The minimum atomic E-state index is -0.749. The largest absolute Gasteiger partial charge is 0.481 e. The monoisotopic (exact) mass is 1260 g/mol. The van der Waals surface area contributed by atoms with Gasteiger partial charge >= 0.3 is 35.8 Å². The predicted octanol–water partition coefficient (Wildman–Crippen LogP) is 13.3. The molecule has 0 saturated heterocycles. The molecule has 5 saturated carbocycles. The van der Waals surface area contributed by atoms with Gasteiger partial charge in [-0.2, -0.15) is 0 Å². The highest BCUT2D eigenvalue weighted by Crippen LogP contribution is 2.35. The van der Waals surface area contributed by atoms with Crippen LogP contribution in [-0.2, 0) is 88.5 Å². The number of ketones is 2. The zero-order valence-corrected chi connectivity index (χ0v) is 53.7. The lowest BCUT2D eigenvalue weighted by Crippen LogP contribution is -2.29. The number of hydrogen-bond acceptors (Lipinski definition) is 14. The lowest BCUT2D eigenvalue weighted by Gasteiger charge is -2.27. The van der Waals surface area contributed by atoms with Gasteiger partial charge in [0.25, 0.3) is 0 Å². The summed E-state index contributed by atoms with van der Waals surface area (Å²) in [6.45, 7) is 5.26. The van der Waals surface area contributed by atoms with Crippen molar-refractivity contribution in [1.29, 1.82) is 0 Å². The second kappa shape index (κ2) is 41.8. The van der Waals surface area contributed by atoms with Gasteiger partial charge in [-0.25, -0.2) is 0 Å². The van der Waals surface area contributed by atoms with Gasteiger partial charge in [-0.05, 0) is 169 Å². The Kier molecular flexibility index (Phi) is 34.1. The average Bonchev–Trinajstić information content (AvgIpc) is 3.51. The summed E-state index contributed by atoms with van der Waals surface area (Å²) >= 11 is 0. The molecular formula is C74H100N2O15. The van der Waals surface area contributed by atoms with Crippen molar-refractivity contribution in [2.45, 2.75) is 194 Å². The Labute approximate surface area is 538 Å². The molecule has 0 heterocycles. The number of carboxylic acid groups (broad SMARTS) is 2. The molecule has 5 aliphatic carbocycles. The van der Waals surface area contributed by atoms with Crippen molar-refractivity contribution in [3.05, 3.63) is 144 Å². The topological polar surface area (TPSA) is 283 Å². The lowest BCUT2D eigenvalue weighted by atomic mass is 9.78. The number of aliphatic carboxylic acids is 2. The molecule has 5 fully saturated rings. The zero-order chi connectivity index (χ0) is 65.8. The number of ether oxygens (including phenoxy) is 4. The third-order valence-electron chi connectivity index (χ3n) is 18.3. The van der Waals surface area contributed by atoms with Crippen LogP contribution in [0.3, 0.4) is 0 Å². The number of carbonyl (C=O) groups excluding carboxylic acids is 7. The van der Waals surface area contributed by atoms with E-state index in [1.807, 2.05) is 121 Å². The maximum atomic E-state index is 11.9. The van der Waals surface area contributed by atoms with Gasteiger partial charge < -0.3 is 40.6 Å². The fourth-order valence-electron chi connectivity index (χ4n) is 13.0. The van der Waals surface area contributed by atoms with Gasteiger partial charge in [0.05, 0.1) is 11.8 Å². The van der Waals surface area contributed by atoms with Gasteiger partial charge in [0, 0.05) is 43.4 Å². The number of rotatable bonds is 22. The quantitative estimate of drug-likeness (QED) is 0.0420. The van der Waals surface area contributed by atoms with Crippen molar-refractivity contribution in [2.24, 2.45) is 70.6 Å². The van der Waals surface area contributed by atoms with E-state index in [1.165, 1.54) is 12.8 Å². The highest BCUT2D eigenvalue weighted by Gasteiger charge is 2.32. The van der Waals surface area contributed by atoms with Crippen LogP contribution in [0, 0.1) is 59.2 Å². The Morgan fingerprint density at radius 1 is 0.352 bits per heavy atom. The molecular weight excluding hydrogens is 1160 g/mol. The number of carboxylic acids is 2. The number of nitrogens with two attached hydrogens (primary N) is 2. The third kappa shape index (κ3) is 30.4. The summed E-state index contributed by atoms with van der Waals surface area (Å²) in [6, 6.07) is 38.7. The van der Waals surface area contributed by atoms with Crippen molar-refractivity contribution >= 4 is 53.3 Å². The molecule has 0 spiro atoms. The second-order valence-corrected chi connectivity index (χ2v) is 25.6. The van der Waals surface area contributed by atoms with E-state index in [4.69, 9.17) is 40.6 Å². The van der Waals surface area contributed by atoms with Gasteiger partial charge in [-0.3, -0.25) is 43.2 Å². The fourth-order valence-corrected chi connectivity index (χ4v) is 13.0. The molecule has 17 heteroatoms. The summed E-state index contributed by atoms with van der Waals surface area (Å²) in [4.78, 5) is 102. The lowest BCUT2D eigenvalue weighted by molar-refractivity contribution is -0.149. The zero-order valence-electron chi connectivity index (χ0n) is 53.7. The highest BCUT2D eigenvalue weighted by molar-refractivity contribution is 5.80. The van der Waals surface area contributed by atoms with E-state index >= 15 is 0 Å². The number of benzene rings is 4. The van der Waals surface area contributed by atoms with Crippen LogP contribution in [0.15, 0.2) is 121 Å². The molecule has 0 radical (unpaired) electrons. The predicted molar refractivity (Wildman–Crippen MR) is 346 cm³/mol. The Morgan fingerprint density at radius 3 is 0.923 bits per heavy atom. The Balaban J connectivity index is 0.000000209. The minimum absolute atomic E-state index is 0.000139. The van der Waals surface area contributed by atoms with Crippen LogP contribution in [0.2, 0.25) is 0 Å². The Hall–Kier alpha value is -7.53. The normalized spacial score (nSPS) is 23.4. The van der Waals surface area contributed by atoms with Crippen LogP contribution < -0.4 is 11.5 Å². The van der Waals surface area contributed by atoms with Crippen LogP contribution in [0.5, 0.6) is 0 Å². The van der Waals surface area contributed by atoms with Crippen molar-refractivity contribution < 1.29 is 72.3 Å². The average molecular weight is 1260 g/mol. The maximum absolute atomic E-state index is 11.9. The molecule has 6 N–H and O–H groups in total. The molecule has 0 aliphatic heterocycles. The molecule has 9 rings (SSSR count). The van der Waals surface area contributed by atoms with Crippen LogP contribution in [0.1, 0.15) is 190 Å². The summed E-state index contributed by atoms with van der Waals surface area (Å²) in [5.74, 6) is -0.753. The number of carbonyl (C=O) groups is 9. The van der Waals surface area contributed by atoms with Crippen molar-refractivity contribution in [2.75, 3.05) is 6.54 Å². The summed E-state index contributed by atoms with van der Waals surface area (Å²) in [5, 5.41) is 17.8. The molecule has 4 aromatic rings. The van der Waals surface area contributed by atoms with Crippen LogP contribution in [0.4, 0.5) is 0 Å². The van der Waals surface area contributed by atoms with Gasteiger partial charge in [0.15, 0.2) is 0 Å². The number of primary amides is 1. The molecule has 2 unspecified atom stereocenters. The van der Waals surface area contributed by atoms with Crippen molar-refractivity contribution in [3.63, 3.8) is 0 Å². The molecule has 91 heavy (non-hydrogen) atoms. The van der Waals surface area contributed by atoms with E-state index in [-0.39, 0.29) is 89.4 Å². The summed E-state index contributed by atoms with van der Waals surface area (Å²) in [7, 11) is 0. The molecule has 10 atom stereocenters. The van der Waals surface area contributed by atoms with E-state index < -0.39 is 11.9 Å². The Bertz CT molecular complexity index is 2610. The van der Waals surface area contributed by atoms with E-state index in [9.17, 15) is 43.2 Å². The highest BCUT2D eigenvalue weighted by atomic mass is 16.5. The summed E-state index contributed by atoms with van der Waals surface area (Å²) in [5.41, 5.74) is 15.1. The Morgan fingerprint density at radius 2 is 0.604 bits per heavy atom. The smallest absolute Gasteiger partial charge is 0.306 e. The van der Waals surface area contributed by atoms with E-state index in [1.54, 1.807) is 13.8 Å². The molecule has 17 nitrogen and oxygen atoms in total. The van der Waals surface area contributed by atoms with Crippen molar-refractivity contribution in [1.82, 2.24) is 0 Å². The molecule has 0 aromatic heterocycles. The standard InChI is InChI=1S/C17H22O3.C16H21NO3.C16H23NO2.C16H20O4.C9H14O3/c1-13(18)16-9-5-8-15(10-16)11-17(19)20-12-14-6-3-2-4-7-14;17-16(19)14-8-4-7-13(9-14)10-15(18)20-11-12-5-2-1-3-6-12;17-11-15-8-4-7-14(9-15)10-16(18)19-12-13-5-2-1-3-6-13;17-15(20-11-12-5-2-1-3-6-12)10-13-7-4-8-14(9-13)16(18)19;1-6(10)7-3-2-4-8(5-7)9(11)12/h2-4,6-7,15-16H,5,8-12H2,1H3;1-3,5-6,13-14H,4,7-11H2,(H2,17,19);1-3,5-6,14-15H,4,7-12,17H2;1-3,5-6,13-14H,4,7-11H2,(H,18,19);7-8H,2-5H2,1H3,(H,11,12)/t15-,16+;13-,14+;14-,15+;13-,14+;/m0000./s1. The maximum Gasteiger partial charge on any atom is 0.306 e. The molecule has 5 aliphatic rings. The second-order valence-electron chi connectivity index (χ2n) is 25.6. The minimum Gasteiger partial charge on any atom is -0.481 e.